The van der Waals surface area contributed by atoms with Gasteiger partial charge in [0.15, 0.2) is 0 Å². The molecular formula is C24H22Cl2N2O5S. The number of aryl methyl sites for hydroxylation is 2. The SMILES string of the molecule is CCOC(=O)c1cc(NC(=O)c2ccc(Cl)c(S(=O)(=O)Nc3cc(C)ccc3C)c2)ccc1Cl. The molecule has 2 N–H and O–H groups in total. The Morgan fingerprint density at radius 3 is 2.35 bits per heavy atom. The Morgan fingerprint density at radius 2 is 1.65 bits per heavy atom. The van der Waals surface area contributed by atoms with Crippen molar-refractivity contribution in [2.45, 2.75) is 25.7 Å². The number of sulfonamides is 1. The molecule has 0 unspecified atom stereocenters. The van der Waals surface area contributed by atoms with E-state index in [9.17, 15) is 18.0 Å². The van der Waals surface area contributed by atoms with Crippen LogP contribution in [0.1, 0.15) is 38.8 Å². The molecule has 0 heterocycles. The summed E-state index contributed by atoms with van der Waals surface area (Å²) in [7, 11) is -4.08. The van der Waals surface area contributed by atoms with E-state index in [1.807, 2.05) is 13.0 Å². The highest BCUT2D eigenvalue weighted by Gasteiger charge is 2.22. The maximum absolute atomic E-state index is 13.0. The van der Waals surface area contributed by atoms with Crippen molar-refractivity contribution in [3.63, 3.8) is 0 Å². The molecule has 0 bridgehead atoms. The van der Waals surface area contributed by atoms with Crippen LogP contribution in [0.3, 0.4) is 0 Å². The standard InChI is InChI=1S/C24H22Cl2N2O5S/c1-4-33-24(30)18-13-17(8-10-19(18)25)27-23(29)16-7-9-20(26)22(12-16)34(31,32)28-21-11-14(2)5-6-15(21)3/h5-13,28H,4H2,1-3H3,(H,27,29). The van der Waals surface area contributed by atoms with Crippen LogP contribution in [-0.2, 0) is 14.8 Å². The zero-order valence-electron chi connectivity index (χ0n) is 18.6. The maximum Gasteiger partial charge on any atom is 0.339 e. The highest BCUT2D eigenvalue weighted by Crippen LogP contribution is 2.28. The molecule has 3 rings (SSSR count). The molecule has 0 aliphatic rings. The number of nitrogens with one attached hydrogen (secondary N) is 2. The summed E-state index contributed by atoms with van der Waals surface area (Å²) in [5.41, 5.74) is 2.47. The van der Waals surface area contributed by atoms with Gasteiger partial charge < -0.3 is 10.1 Å². The fraction of sp³-hybridized carbons (Fsp3) is 0.167. The van der Waals surface area contributed by atoms with Crippen LogP contribution >= 0.6 is 23.2 Å². The second-order valence-corrected chi connectivity index (χ2v) is 9.90. The Morgan fingerprint density at radius 1 is 0.941 bits per heavy atom. The molecule has 3 aromatic carbocycles. The van der Waals surface area contributed by atoms with Crippen LogP contribution in [0.15, 0.2) is 59.5 Å². The van der Waals surface area contributed by atoms with Gasteiger partial charge in [0.25, 0.3) is 15.9 Å². The van der Waals surface area contributed by atoms with Crippen LogP contribution in [-0.4, -0.2) is 26.9 Å². The first-order chi connectivity index (χ1) is 16.0. The van der Waals surface area contributed by atoms with E-state index in [0.29, 0.717) is 5.69 Å². The minimum Gasteiger partial charge on any atom is -0.462 e. The Labute approximate surface area is 208 Å². The first kappa shape index (κ1) is 25.6. The highest BCUT2D eigenvalue weighted by molar-refractivity contribution is 7.92. The van der Waals surface area contributed by atoms with E-state index in [1.54, 1.807) is 26.0 Å². The summed E-state index contributed by atoms with van der Waals surface area (Å²) < 4.78 is 33.6. The van der Waals surface area contributed by atoms with Crippen LogP contribution in [0.25, 0.3) is 0 Å². The van der Waals surface area contributed by atoms with Crippen molar-refractivity contribution < 1.29 is 22.7 Å². The van der Waals surface area contributed by atoms with Gasteiger partial charge in [-0.3, -0.25) is 9.52 Å². The number of hydrogen-bond acceptors (Lipinski definition) is 5. The molecule has 0 fully saturated rings. The molecule has 0 aliphatic heterocycles. The number of carbonyl (C=O) groups is 2. The Hall–Kier alpha value is -3.07. The summed E-state index contributed by atoms with van der Waals surface area (Å²) in [6, 6.07) is 13.6. The topological polar surface area (TPSA) is 102 Å². The Balaban J connectivity index is 1.88. The van der Waals surface area contributed by atoms with Crippen LogP contribution in [0.4, 0.5) is 11.4 Å². The molecule has 1 amide bonds. The molecule has 34 heavy (non-hydrogen) atoms. The average Bonchev–Trinajstić information content (AvgIpc) is 2.77. The van der Waals surface area contributed by atoms with Crippen molar-refractivity contribution in [3.05, 3.63) is 86.9 Å². The lowest BCUT2D eigenvalue weighted by molar-refractivity contribution is 0.0526. The fourth-order valence-corrected chi connectivity index (χ4v) is 4.91. The minimum absolute atomic E-state index is 0.0366. The van der Waals surface area contributed by atoms with Gasteiger partial charge in [-0.1, -0.05) is 35.3 Å². The van der Waals surface area contributed by atoms with Crippen molar-refractivity contribution in [3.8, 4) is 0 Å². The number of ether oxygens (including phenoxy) is 1. The van der Waals surface area contributed by atoms with Gasteiger partial charge in [0.05, 0.1) is 27.9 Å². The predicted octanol–water partition coefficient (Wildman–Crippen LogP) is 5.84. The van der Waals surface area contributed by atoms with Crippen LogP contribution in [0, 0.1) is 13.8 Å². The van der Waals surface area contributed by atoms with E-state index < -0.39 is 21.9 Å². The van der Waals surface area contributed by atoms with Crippen LogP contribution in [0.2, 0.25) is 10.0 Å². The van der Waals surface area contributed by atoms with Crippen molar-refractivity contribution in [2.75, 3.05) is 16.6 Å². The molecule has 10 heteroatoms. The van der Waals surface area contributed by atoms with Gasteiger partial charge in [-0.2, -0.15) is 0 Å². The highest BCUT2D eigenvalue weighted by atomic mass is 35.5. The lowest BCUT2D eigenvalue weighted by Crippen LogP contribution is -2.17. The number of anilines is 2. The molecule has 178 valence electrons. The van der Waals surface area contributed by atoms with E-state index in [-0.39, 0.29) is 38.4 Å². The van der Waals surface area contributed by atoms with Gasteiger partial charge in [0.2, 0.25) is 0 Å². The lowest BCUT2D eigenvalue weighted by Gasteiger charge is -2.14. The number of amides is 1. The molecule has 7 nitrogen and oxygen atoms in total. The van der Waals surface area contributed by atoms with E-state index in [1.165, 1.54) is 36.4 Å². The number of rotatable bonds is 7. The van der Waals surface area contributed by atoms with E-state index in [0.717, 1.165) is 11.1 Å². The first-order valence-corrected chi connectivity index (χ1v) is 12.4. The van der Waals surface area contributed by atoms with E-state index in [2.05, 4.69) is 10.0 Å². The van der Waals surface area contributed by atoms with Crippen molar-refractivity contribution in [1.29, 1.82) is 0 Å². The number of benzene rings is 3. The van der Waals surface area contributed by atoms with E-state index >= 15 is 0 Å². The van der Waals surface area contributed by atoms with Gasteiger partial charge >= 0.3 is 5.97 Å². The molecule has 0 aliphatic carbocycles. The second-order valence-electron chi connectivity index (χ2n) is 7.44. The van der Waals surface area contributed by atoms with Crippen molar-refractivity contribution >= 4 is 56.5 Å². The predicted molar refractivity (Wildman–Crippen MR) is 134 cm³/mol. The van der Waals surface area contributed by atoms with Gasteiger partial charge in [0, 0.05) is 11.3 Å². The Kier molecular flexibility index (Phi) is 7.86. The smallest absolute Gasteiger partial charge is 0.339 e. The summed E-state index contributed by atoms with van der Waals surface area (Å²) >= 11 is 12.2. The third-order valence-corrected chi connectivity index (χ3v) is 7.02. The summed E-state index contributed by atoms with van der Waals surface area (Å²) in [4.78, 5) is 24.6. The molecule has 0 atom stereocenters. The average molecular weight is 521 g/mol. The largest absolute Gasteiger partial charge is 0.462 e. The lowest BCUT2D eigenvalue weighted by atomic mass is 10.1. The van der Waals surface area contributed by atoms with Gasteiger partial charge in [-0.25, -0.2) is 13.2 Å². The van der Waals surface area contributed by atoms with Gasteiger partial charge in [0.1, 0.15) is 4.90 Å². The minimum atomic E-state index is -4.08. The zero-order chi connectivity index (χ0) is 25.0. The monoisotopic (exact) mass is 520 g/mol. The summed E-state index contributed by atoms with van der Waals surface area (Å²) in [5.74, 6) is -1.22. The van der Waals surface area contributed by atoms with Gasteiger partial charge in [-0.05, 0) is 74.4 Å². The molecule has 0 aromatic heterocycles. The number of hydrogen-bond donors (Lipinski definition) is 2. The Bertz CT molecular complexity index is 1370. The summed E-state index contributed by atoms with van der Waals surface area (Å²) in [6.45, 7) is 5.46. The molecule has 0 radical (unpaired) electrons. The van der Waals surface area contributed by atoms with Crippen LogP contribution < -0.4 is 10.0 Å². The number of esters is 1. The molecule has 0 spiro atoms. The normalized spacial score (nSPS) is 11.1. The summed E-state index contributed by atoms with van der Waals surface area (Å²) in [6.07, 6.45) is 0. The molecule has 0 saturated carbocycles. The summed E-state index contributed by atoms with van der Waals surface area (Å²) in [5, 5.41) is 2.76. The second kappa shape index (κ2) is 10.5. The van der Waals surface area contributed by atoms with E-state index in [4.69, 9.17) is 27.9 Å². The van der Waals surface area contributed by atoms with Crippen molar-refractivity contribution in [2.24, 2.45) is 0 Å². The molecule has 0 saturated heterocycles. The van der Waals surface area contributed by atoms with Crippen LogP contribution in [0.5, 0.6) is 0 Å². The number of halogens is 2. The maximum atomic E-state index is 13.0. The third kappa shape index (κ3) is 5.88. The zero-order valence-corrected chi connectivity index (χ0v) is 20.9. The third-order valence-electron chi connectivity index (χ3n) is 4.84. The number of carbonyl (C=O) groups excluding carboxylic acids is 2. The van der Waals surface area contributed by atoms with Crippen molar-refractivity contribution in [1.82, 2.24) is 0 Å². The van der Waals surface area contributed by atoms with Gasteiger partial charge in [-0.15, -0.1) is 0 Å². The molecular weight excluding hydrogens is 499 g/mol. The quantitative estimate of drug-likeness (QED) is 0.381. The molecule has 3 aromatic rings. The fourth-order valence-electron chi connectivity index (χ4n) is 3.07. The first-order valence-electron chi connectivity index (χ1n) is 10.2.